The fraction of sp³-hybridized carbons (Fsp3) is 0.357. The lowest BCUT2D eigenvalue weighted by molar-refractivity contribution is 0.161. The van der Waals surface area contributed by atoms with Crippen LogP contribution in [0.15, 0.2) is 41.9 Å². The molecule has 1 unspecified atom stereocenters. The third-order valence-electron chi connectivity index (χ3n) is 2.71. The molecular weight excluding hydrogens is 230 g/mol. The summed E-state index contributed by atoms with van der Waals surface area (Å²) in [6.07, 6.45) is 5.10. The predicted molar refractivity (Wildman–Crippen MR) is 71.2 cm³/mol. The molecule has 0 aliphatic carbocycles. The SMILES string of the molecule is OC(CCCc1cccs1)Cc1ccccn1. The van der Waals surface area contributed by atoms with E-state index in [1.807, 2.05) is 18.2 Å². The van der Waals surface area contributed by atoms with Crippen LogP contribution in [0.1, 0.15) is 23.4 Å². The summed E-state index contributed by atoms with van der Waals surface area (Å²) in [6.45, 7) is 0. The van der Waals surface area contributed by atoms with E-state index in [-0.39, 0.29) is 6.10 Å². The predicted octanol–water partition coefficient (Wildman–Crippen LogP) is 3.07. The summed E-state index contributed by atoms with van der Waals surface area (Å²) in [5, 5.41) is 12.0. The van der Waals surface area contributed by atoms with Gasteiger partial charge in [0.2, 0.25) is 0 Å². The smallest absolute Gasteiger partial charge is 0.0595 e. The first-order valence-electron chi connectivity index (χ1n) is 5.95. The van der Waals surface area contributed by atoms with Crippen LogP contribution in [0.4, 0.5) is 0 Å². The molecule has 2 heterocycles. The standard InChI is InChI=1S/C14H17NOS/c16-13(11-12-5-1-2-9-15-12)6-3-7-14-8-4-10-17-14/h1-2,4-5,8-10,13,16H,3,6-7,11H2. The maximum absolute atomic E-state index is 9.89. The van der Waals surface area contributed by atoms with Crippen LogP contribution in [0.25, 0.3) is 0 Å². The molecule has 2 aromatic heterocycles. The van der Waals surface area contributed by atoms with Crippen molar-refractivity contribution in [1.29, 1.82) is 0 Å². The molecule has 3 heteroatoms. The normalized spacial score (nSPS) is 12.5. The first-order chi connectivity index (χ1) is 8.34. The van der Waals surface area contributed by atoms with Gasteiger partial charge in [-0.1, -0.05) is 12.1 Å². The molecule has 0 saturated carbocycles. The van der Waals surface area contributed by atoms with Crippen molar-refractivity contribution in [3.63, 3.8) is 0 Å². The molecule has 0 radical (unpaired) electrons. The zero-order valence-corrected chi connectivity index (χ0v) is 10.6. The van der Waals surface area contributed by atoms with E-state index in [4.69, 9.17) is 0 Å². The average molecular weight is 247 g/mol. The summed E-state index contributed by atoms with van der Waals surface area (Å²) in [7, 11) is 0. The van der Waals surface area contributed by atoms with Crippen molar-refractivity contribution in [2.24, 2.45) is 0 Å². The Morgan fingerprint density at radius 2 is 2.18 bits per heavy atom. The molecule has 0 aliphatic heterocycles. The van der Waals surface area contributed by atoms with Crippen molar-refractivity contribution in [3.8, 4) is 0 Å². The fourth-order valence-electron chi connectivity index (χ4n) is 1.83. The monoisotopic (exact) mass is 247 g/mol. The minimum absolute atomic E-state index is 0.273. The number of nitrogens with zero attached hydrogens (tertiary/aromatic N) is 1. The van der Waals surface area contributed by atoms with Gasteiger partial charge in [-0.15, -0.1) is 11.3 Å². The third-order valence-corrected chi connectivity index (χ3v) is 3.65. The van der Waals surface area contributed by atoms with E-state index in [0.29, 0.717) is 6.42 Å². The highest BCUT2D eigenvalue weighted by atomic mass is 32.1. The Morgan fingerprint density at radius 1 is 1.24 bits per heavy atom. The second-order valence-corrected chi connectivity index (χ2v) is 5.18. The highest BCUT2D eigenvalue weighted by Crippen LogP contribution is 2.13. The second-order valence-electron chi connectivity index (χ2n) is 4.15. The van der Waals surface area contributed by atoms with Crippen molar-refractivity contribution in [2.75, 3.05) is 0 Å². The largest absolute Gasteiger partial charge is 0.393 e. The van der Waals surface area contributed by atoms with Gasteiger partial charge in [0.25, 0.3) is 0 Å². The van der Waals surface area contributed by atoms with E-state index in [1.165, 1.54) is 4.88 Å². The Kier molecular flexibility index (Phi) is 4.71. The third kappa shape index (κ3) is 4.29. The quantitative estimate of drug-likeness (QED) is 0.851. The van der Waals surface area contributed by atoms with E-state index in [2.05, 4.69) is 22.5 Å². The molecule has 0 bridgehead atoms. The summed E-state index contributed by atoms with van der Waals surface area (Å²) in [6, 6.07) is 10.0. The van der Waals surface area contributed by atoms with E-state index >= 15 is 0 Å². The lowest BCUT2D eigenvalue weighted by Crippen LogP contribution is -2.11. The maximum Gasteiger partial charge on any atom is 0.0595 e. The number of aliphatic hydroxyl groups excluding tert-OH is 1. The van der Waals surface area contributed by atoms with Crippen LogP contribution in [0.5, 0.6) is 0 Å². The summed E-state index contributed by atoms with van der Waals surface area (Å²) >= 11 is 1.78. The highest BCUT2D eigenvalue weighted by molar-refractivity contribution is 7.09. The van der Waals surface area contributed by atoms with Crippen LogP contribution < -0.4 is 0 Å². The number of hydrogen-bond donors (Lipinski definition) is 1. The molecule has 0 spiro atoms. The van der Waals surface area contributed by atoms with Gasteiger partial charge < -0.3 is 5.11 Å². The maximum atomic E-state index is 9.89. The van der Waals surface area contributed by atoms with E-state index in [1.54, 1.807) is 17.5 Å². The van der Waals surface area contributed by atoms with Gasteiger partial charge >= 0.3 is 0 Å². The van der Waals surface area contributed by atoms with Gasteiger partial charge in [0.1, 0.15) is 0 Å². The molecule has 2 rings (SSSR count). The molecule has 0 amide bonds. The van der Waals surface area contributed by atoms with Crippen molar-refractivity contribution in [3.05, 3.63) is 52.5 Å². The average Bonchev–Trinajstić information content (AvgIpc) is 2.83. The summed E-state index contributed by atoms with van der Waals surface area (Å²) < 4.78 is 0. The molecule has 17 heavy (non-hydrogen) atoms. The Hall–Kier alpha value is -1.19. The van der Waals surface area contributed by atoms with Crippen LogP contribution in [0.2, 0.25) is 0 Å². The molecule has 0 aliphatic rings. The molecular formula is C14H17NOS. The molecule has 0 aromatic carbocycles. The minimum atomic E-state index is -0.273. The minimum Gasteiger partial charge on any atom is -0.393 e. The van der Waals surface area contributed by atoms with Gasteiger partial charge in [0.05, 0.1) is 6.10 Å². The van der Waals surface area contributed by atoms with E-state index in [0.717, 1.165) is 25.0 Å². The van der Waals surface area contributed by atoms with Crippen molar-refractivity contribution in [2.45, 2.75) is 31.8 Å². The van der Waals surface area contributed by atoms with Gasteiger partial charge in [-0.2, -0.15) is 0 Å². The van der Waals surface area contributed by atoms with Gasteiger partial charge in [-0.05, 0) is 42.8 Å². The van der Waals surface area contributed by atoms with Gasteiger partial charge in [0, 0.05) is 23.2 Å². The molecule has 2 aromatic rings. The summed E-state index contributed by atoms with van der Waals surface area (Å²) in [5.41, 5.74) is 0.969. The van der Waals surface area contributed by atoms with E-state index in [9.17, 15) is 5.11 Å². The van der Waals surface area contributed by atoms with Gasteiger partial charge in [0.15, 0.2) is 0 Å². The number of aryl methyl sites for hydroxylation is 1. The molecule has 0 fully saturated rings. The van der Waals surface area contributed by atoms with Crippen LogP contribution in [-0.4, -0.2) is 16.2 Å². The zero-order valence-electron chi connectivity index (χ0n) is 9.75. The van der Waals surface area contributed by atoms with E-state index < -0.39 is 0 Å². The van der Waals surface area contributed by atoms with Gasteiger partial charge in [-0.25, -0.2) is 0 Å². The van der Waals surface area contributed by atoms with Crippen LogP contribution in [-0.2, 0) is 12.8 Å². The lowest BCUT2D eigenvalue weighted by Gasteiger charge is -2.09. The molecule has 2 nitrogen and oxygen atoms in total. The molecule has 0 saturated heterocycles. The van der Waals surface area contributed by atoms with Crippen molar-refractivity contribution >= 4 is 11.3 Å². The van der Waals surface area contributed by atoms with Crippen LogP contribution >= 0.6 is 11.3 Å². The number of hydrogen-bond acceptors (Lipinski definition) is 3. The molecule has 1 atom stereocenters. The summed E-state index contributed by atoms with van der Waals surface area (Å²) in [5.74, 6) is 0. The number of rotatable bonds is 6. The number of aromatic nitrogens is 1. The Bertz CT molecular complexity index is 413. The Balaban J connectivity index is 1.69. The number of thiophene rings is 1. The van der Waals surface area contributed by atoms with Gasteiger partial charge in [-0.3, -0.25) is 4.98 Å². The highest BCUT2D eigenvalue weighted by Gasteiger charge is 2.06. The molecule has 90 valence electrons. The number of pyridine rings is 1. The van der Waals surface area contributed by atoms with Crippen molar-refractivity contribution < 1.29 is 5.11 Å². The van der Waals surface area contributed by atoms with Crippen LogP contribution in [0.3, 0.4) is 0 Å². The lowest BCUT2D eigenvalue weighted by atomic mass is 10.1. The topological polar surface area (TPSA) is 33.1 Å². The first kappa shape index (κ1) is 12.3. The van der Waals surface area contributed by atoms with Crippen LogP contribution in [0, 0.1) is 0 Å². The Morgan fingerprint density at radius 3 is 2.88 bits per heavy atom. The number of aliphatic hydroxyl groups is 1. The Labute approximate surface area is 106 Å². The first-order valence-corrected chi connectivity index (χ1v) is 6.83. The van der Waals surface area contributed by atoms with Crippen molar-refractivity contribution in [1.82, 2.24) is 4.98 Å². The fourth-order valence-corrected chi connectivity index (χ4v) is 2.58. The molecule has 1 N–H and O–H groups in total. The summed E-state index contributed by atoms with van der Waals surface area (Å²) in [4.78, 5) is 5.62. The second kappa shape index (κ2) is 6.52. The zero-order chi connectivity index (χ0) is 11.9.